The van der Waals surface area contributed by atoms with Gasteiger partial charge in [-0.25, -0.2) is 4.79 Å². The van der Waals surface area contributed by atoms with Crippen LogP contribution in [0.25, 0.3) is 6.08 Å². The number of esters is 1. The predicted molar refractivity (Wildman–Crippen MR) is 130 cm³/mol. The van der Waals surface area contributed by atoms with Crippen molar-refractivity contribution in [1.82, 2.24) is 9.88 Å². The Balaban J connectivity index is 1.42. The first-order valence-electron chi connectivity index (χ1n) is 11.7. The highest BCUT2D eigenvalue weighted by Crippen LogP contribution is 2.42. The topological polar surface area (TPSA) is 89.0 Å². The number of ether oxygens (including phenoxy) is 2. The average Bonchev–Trinajstić information content (AvgIpc) is 3.21. The van der Waals surface area contributed by atoms with Crippen molar-refractivity contribution in [3.05, 3.63) is 94.5 Å². The van der Waals surface area contributed by atoms with Gasteiger partial charge in [0.2, 0.25) is 5.78 Å². The zero-order valence-electron chi connectivity index (χ0n) is 19.4. The van der Waals surface area contributed by atoms with E-state index in [-0.39, 0.29) is 23.3 Å². The van der Waals surface area contributed by atoms with Gasteiger partial charge in [-0.2, -0.15) is 0 Å². The van der Waals surface area contributed by atoms with Crippen LogP contribution in [0.2, 0.25) is 0 Å². The summed E-state index contributed by atoms with van der Waals surface area (Å²) in [4.78, 5) is 31.4. The Morgan fingerprint density at radius 1 is 1.20 bits per heavy atom. The van der Waals surface area contributed by atoms with Gasteiger partial charge in [-0.15, -0.1) is 0 Å². The number of aromatic hydroxyl groups is 1. The molecule has 178 valence electrons. The predicted octanol–water partition coefficient (Wildman–Crippen LogP) is 4.92. The minimum atomic E-state index is -0.424. The normalized spacial score (nSPS) is 18.8. The van der Waals surface area contributed by atoms with Crippen LogP contribution in [0.4, 0.5) is 0 Å². The van der Waals surface area contributed by atoms with Gasteiger partial charge in [-0.05, 0) is 66.9 Å². The van der Waals surface area contributed by atoms with Gasteiger partial charge >= 0.3 is 5.97 Å². The lowest BCUT2D eigenvalue weighted by Crippen LogP contribution is -2.33. The molecule has 0 aliphatic carbocycles. The fourth-order valence-corrected chi connectivity index (χ4v) is 4.77. The fraction of sp³-hybridized carbons (Fsp3) is 0.250. The molecule has 1 atom stereocenters. The summed E-state index contributed by atoms with van der Waals surface area (Å²) in [6.07, 6.45) is 8.51. The van der Waals surface area contributed by atoms with E-state index < -0.39 is 5.97 Å². The largest absolute Gasteiger partial charge is 0.507 e. The van der Waals surface area contributed by atoms with Gasteiger partial charge in [0.15, 0.2) is 5.76 Å². The Morgan fingerprint density at radius 2 is 2.03 bits per heavy atom. The van der Waals surface area contributed by atoms with Gasteiger partial charge in [0, 0.05) is 25.0 Å². The van der Waals surface area contributed by atoms with E-state index >= 15 is 0 Å². The van der Waals surface area contributed by atoms with Crippen LogP contribution in [-0.4, -0.2) is 40.4 Å². The number of Topliss-reactive ketones (excluding diaryl/α,β-unsaturated/α-hetero) is 1. The summed E-state index contributed by atoms with van der Waals surface area (Å²) < 4.78 is 10.8. The van der Waals surface area contributed by atoms with Crippen molar-refractivity contribution in [2.45, 2.75) is 31.8 Å². The SMILES string of the molecule is COC(=O)c1ccc(/C=C2\Oc3c(ccc(O)c3CN3CCCC[C@H]3c3cccnc3)C2=O)cc1. The number of phenols is 1. The van der Waals surface area contributed by atoms with Crippen molar-refractivity contribution < 1.29 is 24.2 Å². The summed E-state index contributed by atoms with van der Waals surface area (Å²) >= 11 is 0. The number of likely N-dealkylation sites (tertiary alicyclic amines) is 1. The molecule has 3 heterocycles. The highest BCUT2D eigenvalue weighted by Gasteiger charge is 2.33. The Kier molecular flexibility index (Phi) is 6.33. The van der Waals surface area contributed by atoms with Crippen molar-refractivity contribution in [1.29, 1.82) is 0 Å². The van der Waals surface area contributed by atoms with Gasteiger partial charge in [0.05, 0.1) is 23.8 Å². The molecule has 1 aromatic heterocycles. The summed E-state index contributed by atoms with van der Waals surface area (Å²) in [5, 5.41) is 10.7. The van der Waals surface area contributed by atoms with E-state index in [4.69, 9.17) is 9.47 Å². The summed E-state index contributed by atoms with van der Waals surface area (Å²) in [6, 6.07) is 14.1. The summed E-state index contributed by atoms with van der Waals surface area (Å²) in [7, 11) is 1.33. The third kappa shape index (κ3) is 4.55. The number of nitrogens with zero attached hydrogens (tertiary/aromatic N) is 2. The number of carbonyl (C=O) groups excluding carboxylic acids is 2. The molecule has 0 amide bonds. The molecular formula is C28H26N2O5. The van der Waals surface area contributed by atoms with Crippen molar-refractivity contribution in [3.63, 3.8) is 0 Å². The van der Waals surface area contributed by atoms with Crippen LogP contribution in [0, 0.1) is 0 Å². The minimum Gasteiger partial charge on any atom is -0.507 e. The Bertz CT molecular complexity index is 1280. The molecule has 3 aromatic rings. The lowest BCUT2D eigenvalue weighted by atomic mass is 9.95. The molecule has 1 N–H and O–H groups in total. The van der Waals surface area contributed by atoms with Crippen molar-refractivity contribution >= 4 is 17.8 Å². The number of benzene rings is 2. The summed E-state index contributed by atoms with van der Waals surface area (Å²) in [5.41, 5.74) is 3.33. The highest BCUT2D eigenvalue weighted by molar-refractivity contribution is 6.15. The molecular weight excluding hydrogens is 444 g/mol. The lowest BCUT2D eigenvalue weighted by molar-refractivity contribution is 0.0600. The molecule has 2 aliphatic heterocycles. The Hall–Kier alpha value is -3.97. The number of piperidine rings is 1. The van der Waals surface area contributed by atoms with Gasteiger partial charge < -0.3 is 14.6 Å². The van der Waals surface area contributed by atoms with Crippen LogP contribution in [-0.2, 0) is 11.3 Å². The number of phenolic OH excluding ortho intramolecular Hbond substituents is 1. The molecule has 7 heteroatoms. The number of ketones is 1. The first-order chi connectivity index (χ1) is 17.0. The lowest BCUT2D eigenvalue weighted by Gasteiger charge is -2.36. The molecule has 0 unspecified atom stereocenters. The number of fused-ring (bicyclic) bond motifs is 1. The Morgan fingerprint density at radius 3 is 2.77 bits per heavy atom. The monoisotopic (exact) mass is 470 g/mol. The number of rotatable bonds is 5. The van der Waals surface area contributed by atoms with Crippen molar-refractivity contribution in [2.75, 3.05) is 13.7 Å². The first-order valence-corrected chi connectivity index (χ1v) is 11.7. The van der Waals surface area contributed by atoms with E-state index in [1.54, 1.807) is 48.7 Å². The molecule has 0 radical (unpaired) electrons. The second-order valence-corrected chi connectivity index (χ2v) is 8.76. The van der Waals surface area contributed by atoms with E-state index in [0.717, 1.165) is 31.4 Å². The molecule has 0 bridgehead atoms. The number of allylic oxidation sites excluding steroid dienone is 1. The second-order valence-electron chi connectivity index (χ2n) is 8.76. The first kappa shape index (κ1) is 22.8. The number of hydrogen-bond donors (Lipinski definition) is 1. The third-order valence-corrected chi connectivity index (χ3v) is 6.59. The molecule has 7 nitrogen and oxygen atoms in total. The van der Waals surface area contributed by atoms with Gasteiger partial charge in [-0.1, -0.05) is 24.6 Å². The van der Waals surface area contributed by atoms with Gasteiger partial charge in [-0.3, -0.25) is 14.7 Å². The van der Waals surface area contributed by atoms with Crippen LogP contribution in [0.1, 0.15) is 62.7 Å². The van der Waals surface area contributed by atoms with E-state index in [2.05, 4.69) is 16.0 Å². The maximum absolute atomic E-state index is 13.1. The van der Waals surface area contributed by atoms with E-state index in [9.17, 15) is 14.7 Å². The maximum atomic E-state index is 13.1. The molecule has 1 saturated heterocycles. The molecule has 1 fully saturated rings. The van der Waals surface area contributed by atoms with E-state index in [1.807, 2.05) is 12.3 Å². The van der Waals surface area contributed by atoms with Crippen LogP contribution in [0.15, 0.2) is 66.7 Å². The highest BCUT2D eigenvalue weighted by atomic mass is 16.5. The fourth-order valence-electron chi connectivity index (χ4n) is 4.77. The molecule has 0 spiro atoms. The van der Waals surface area contributed by atoms with Crippen LogP contribution >= 0.6 is 0 Å². The number of carbonyl (C=O) groups is 2. The zero-order chi connectivity index (χ0) is 24.4. The summed E-state index contributed by atoms with van der Waals surface area (Å²) in [6.45, 7) is 1.34. The second kappa shape index (κ2) is 9.72. The smallest absolute Gasteiger partial charge is 0.337 e. The Labute approximate surface area is 203 Å². The standard InChI is InChI=1S/C28H26N2O5/c1-34-28(33)19-9-7-18(8-10-19)15-25-26(32)21-11-12-24(31)22(27(21)35-25)17-30-14-3-2-6-23(30)20-5-4-13-29-16-20/h4-5,7-13,15-16,23,31H,2-3,6,14,17H2,1H3/b25-15-/t23-/m0/s1. The van der Waals surface area contributed by atoms with E-state index in [0.29, 0.717) is 34.5 Å². The van der Waals surface area contributed by atoms with Gasteiger partial charge in [0.25, 0.3) is 0 Å². The zero-order valence-corrected chi connectivity index (χ0v) is 19.4. The van der Waals surface area contributed by atoms with E-state index in [1.165, 1.54) is 7.11 Å². The molecule has 0 saturated carbocycles. The number of aromatic nitrogens is 1. The number of methoxy groups -OCH3 is 1. The third-order valence-electron chi connectivity index (χ3n) is 6.59. The number of pyridine rings is 1. The number of hydrogen-bond acceptors (Lipinski definition) is 7. The average molecular weight is 471 g/mol. The summed E-state index contributed by atoms with van der Waals surface area (Å²) in [5.74, 6) is 0.0340. The molecule has 5 rings (SSSR count). The van der Waals surface area contributed by atoms with Crippen molar-refractivity contribution in [2.24, 2.45) is 0 Å². The minimum absolute atomic E-state index is 0.107. The van der Waals surface area contributed by atoms with Gasteiger partial charge in [0.1, 0.15) is 11.5 Å². The maximum Gasteiger partial charge on any atom is 0.337 e. The molecule has 35 heavy (non-hydrogen) atoms. The quantitative estimate of drug-likeness (QED) is 0.418. The van der Waals surface area contributed by atoms with Crippen LogP contribution in [0.5, 0.6) is 11.5 Å². The molecule has 2 aliphatic rings. The van der Waals surface area contributed by atoms with Crippen LogP contribution < -0.4 is 4.74 Å². The van der Waals surface area contributed by atoms with Crippen molar-refractivity contribution in [3.8, 4) is 11.5 Å². The molecule has 2 aromatic carbocycles. The van der Waals surface area contributed by atoms with Crippen LogP contribution in [0.3, 0.4) is 0 Å².